The lowest BCUT2D eigenvalue weighted by atomic mass is 10.2. The van der Waals surface area contributed by atoms with E-state index in [0.717, 1.165) is 22.3 Å². The summed E-state index contributed by atoms with van der Waals surface area (Å²) >= 11 is 3.46. The zero-order valence-corrected chi connectivity index (χ0v) is 11.4. The van der Waals surface area contributed by atoms with Gasteiger partial charge in [0.05, 0.1) is 10.7 Å². The van der Waals surface area contributed by atoms with Crippen molar-refractivity contribution in [3.8, 4) is 0 Å². The van der Waals surface area contributed by atoms with Gasteiger partial charge in [0.2, 0.25) is 0 Å². The fraction of sp³-hybridized carbons (Fsp3) is 0.333. The number of nitrogens with zero attached hydrogens (tertiary/aromatic N) is 2. The van der Waals surface area contributed by atoms with E-state index in [4.69, 9.17) is 4.42 Å². The third-order valence-electron chi connectivity index (χ3n) is 2.37. The van der Waals surface area contributed by atoms with Gasteiger partial charge in [-0.25, -0.2) is 9.97 Å². The zero-order valence-electron chi connectivity index (χ0n) is 9.77. The van der Waals surface area contributed by atoms with Crippen molar-refractivity contribution < 1.29 is 4.42 Å². The smallest absolute Gasteiger partial charge is 0.152 e. The minimum Gasteiger partial charge on any atom is -0.466 e. The van der Waals surface area contributed by atoms with Crippen LogP contribution < -0.4 is 5.32 Å². The normalized spacial score (nSPS) is 12.6. The Kier molecular flexibility index (Phi) is 3.91. The van der Waals surface area contributed by atoms with Crippen LogP contribution >= 0.6 is 15.9 Å². The number of aryl methyl sites for hydroxylation is 1. The van der Waals surface area contributed by atoms with E-state index in [2.05, 4.69) is 31.2 Å². The molecule has 0 saturated carbocycles. The summed E-state index contributed by atoms with van der Waals surface area (Å²) in [6.45, 7) is 4.82. The standard InChI is InChI=1S/C12H14BrN3O/c1-3-14-10(11-9(13)4-5-17-11)12-15-6-8(2)7-16-12/h4-7,10,14H,3H2,1-2H3. The molecular weight excluding hydrogens is 282 g/mol. The molecule has 17 heavy (non-hydrogen) atoms. The number of aromatic nitrogens is 2. The molecule has 0 bridgehead atoms. The van der Waals surface area contributed by atoms with Gasteiger partial charge in [0.25, 0.3) is 0 Å². The largest absolute Gasteiger partial charge is 0.466 e. The van der Waals surface area contributed by atoms with Gasteiger partial charge < -0.3 is 9.73 Å². The predicted octanol–water partition coefficient (Wildman–Crippen LogP) is 2.84. The van der Waals surface area contributed by atoms with Crippen molar-refractivity contribution in [3.63, 3.8) is 0 Å². The Bertz CT molecular complexity index is 481. The Balaban J connectivity index is 2.35. The topological polar surface area (TPSA) is 51.0 Å². The van der Waals surface area contributed by atoms with E-state index >= 15 is 0 Å². The molecule has 1 N–H and O–H groups in total. The van der Waals surface area contributed by atoms with Gasteiger partial charge in [-0.15, -0.1) is 0 Å². The summed E-state index contributed by atoms with van der Waals surface area (Å²) in [6.07, 6.45) is 5.27. The molecule has 0 radical (unpaired) electrons. The third kappa shape index (κ3) is 2.73. The van der Waals surface area contributed by atoms with Gasteiger partial charge in [0, 0.05) is 12.4 Å². The van der Waals surface area contributed by atoms with E-state index in [1.54, 1.807) is 6.26 Å². The molecule has 0 spiro atoms. The van der Waals surface area contributed by atoms with Crippen LogP contribution in [0.4, 0.5) is 0 Å². The van der Waals surface area contributed by atoms with Gasteiger partial charge in [-0.1, -0.05) is 6.92 Å². The van der Waals surface area contributed by atoms with Crippen molar-refractivity contribution >= 4 is 15.9 Å². The molecule has 0 aliphatic rings. The first-order valence-electron chi connectivity index (χ1n) is 5.47. The van der Waals surface area contributed by atoms with Crippen LogP contribution in [0.1, 0.15) is 30.1 Å². The second kappa shape index (κ2) is 5.42. The highest BCUT2D eigenvalue weighted by Gasteiger charge is 2.21. The van der Waals surface area contributed by atoms with Crippen LogP contribution in [0, 0.1) is 6.92 Å². The summed E-state index contributed by atoms with van der Waals surface area (Å²) in [5.74, 6) is 1.52. The first kappa shape index (κ1) is 12.3. The number of hydrogen-bond donors (Lipinski definition) is 1. The minimum atomic E-state index is -0.120. The van der Waals surface area contributed by atoms with Crippen LogP contribution in [-0.2, 0) is 0 Å². The van der Waals surface area contributed by atoms with E-state index in [1.165, 1.54) is 0 Å². The molecule has 5 heteroatoms. The summed E-state index contributed by atoms with van der Waals surface area (Å²) in [5.41, 5.74) is 1.04. The maximum absolute atomic E-state index is 5.47. The Labute approximate surface area is 109 Å². The molecule has 0 fully saturated rings. The predicted molar refractivity (Wildman–Crippen MR) is 68.7 cm³/mol. The van der Waals surface area contributed by atoms with Crippen LogP contribution in [0.5, 0.6) is 0 Å². The molecule has 2 rings (SSSR count). The highest BCUT2D eigenvalue weighted by atomic mass is 79.9. The number of halogens is 1. The quantitative estimate of drug-likeness (QED) is 0.942. The maximum Gasteiger partial charge on any atom is 0.152 e. The zero-order chi connectivity index (χ0) is 12.3. The van der Waals surface area contributed by atoms with Gasteiger partial charge in [-0.3, -0.25) is 0 Å². The van der Waals surface area contributed by atoms with Crippen LogP contribution in [0.25, 0.3) is 0 Å². The maximum atomic E-state index is 5.47. The van der Waals surface area contributed by atoms with Gasteiger partial charge in [-0.2, -0.15) is 0 Å². The minimum absolute atomic E-state index is 0.120. The van der Waals surface area contributed by atoms with Crippen molar-refractivity contribution in [1.82, 2.24) is 15.3 Å². The van der Waals surface area contributed by atoms with Crippen LogP contribution in [0.15, 0.2) is 33.6 Å². The molecule has 0 aromatic carbocycles. The average molecular weight is 296 g/mol. The van der Waals surface area contributed by atoms with E-state index in [1.807, 2.05) is 32.3 Å². The second-order valence-corrected chi connectivity index (χ2v) is 4.60. The summed E-state index contributed by atoms with van der Waals surface area (Å²) in [5, 5.41) is 3.31. The summed E-state index contributed by atoms with van der Waals surface area (Å²) in [4.78, 5) is 8.68. The molecular formula is C12H14BrN3O. The Morgan fingerprint density at radius 1 is 1.41 bits per heavy atom. The molecule has 1 unspecified atom stereocenters. The van der Waals surface area contributed by atoms with Crippen molar-refractivity contribution in [2.75, 3.05) is 6.54 Å². The van der Waals surface area contributed by atoms with Gasteiger partial charge >= 0.3 is 0 Å². The molecule has 0 aliphatic heterocycles. The molecule has 90 valence electrons. The highest BCUT2D eigenvalue weighted by Crippen LogP contribution is 2.27. The van der Waals surface area contributed by atoms with Crippen LogP contribution in [0.2, 0.25) is 0 Å². The summed E-state index contributed by atoms with van der Waals surface area (Å²) < 4.78 is 6.40. The van der Waals surface area contributed by atoms with Crippen molar-refractivity contribution in [2.24, 2.45) is 0 Å². The van der Waals surface area contributed by atoms with Gasteiger partial charge in [0.15, 0.2) is 5.82 Å². The fourth-order valence-electron chi connectivity index (χ4n) is 1.57. The Hall–Kier alpha value is -1.20. The molecule has 1 atom stereocenters. The monoisotopic (exact) mass is 295 g/mol. The van der Waals surface area contributed by atoms with Crippen molar-refractivity contribution in [2.45, 2.75) is 19.9 Å². The SMILES string of the molecule is CCNC(c1ncc(C)cn1)c1occc1Br. The lowest BCUT2D eigenvalue weighted by Crippen LogP contribution is -2.23. The van der Waals surface area contributed by atoms with Gasteiger partial charge in [-0.05, 0) is 41.0 Å². The molecule has 4 nitrogen and oxygen atoms in total. The molecule has 2 aromatic heterocycles. The summed E-state index contributed by atoms with van der Waals surface area (Å²) in [7, 11) is 0. The molecule has 2 heterocycles. The Morgan fingerprint density at radius 2 is 2.12 bits per heavy atom. The lowest BCUT2D eigenvalue weighted by molar-refractivity contribution is 0.439. The fourth-order valence-corrected chi connectivity index (χ4v) is 2.00. The van der Waals surface area contributed by atoms with Crippen molar-refractivity contribution in [1.29, 1.82) is 0 Å². The number of nitrogens with one attached hydrogen (secondary N) is 1. The third-order valence-corrected chi connectivity index (χ3v) is 3.03. The molecule has 2 aromatic rings. The van der Waals surface area contributed by atoms with E-state index in [9.17, 15) is 0 Å². The van der Waals surface area contributed by atoms with Gasteiger partial charge in [0.1, 0.15) is 11.8 Å². The summed E-state index contributed by atoms with van der Waals surface area (Å²) in [6, 6.07) is 1.75. The average Bonchev–Trinajstić information content (AvgIpc) is 2.74. The van der Waals surface area contributed by atoms with Crippen LogP contribution in [-0.4, -0.2) is 16.5 Å². The lowest BCUT2D eigenvalue weighted by Gasteiger charge is -2.14. The molecule has 0 aliphatic carbocycles. The highest BCUT2D eigenvalue weighted by molar-refractivity contribution is 9.10. The van der Waals surface area contributed by atoms with Crippen molar-refractivity contribution in [3.05, 3.63) is 46.3 Å². The second-order valence-electron chi connectivity index (χ2n) is 3.74. The van der Waals surface area contributed by atoms with E-state index in [0.29, 0.717) is 5.82 Å². The number of furan rings is 1. The number of hydrogen-bond acceptors (Lipinski definition) is 4. The first-order valence-corrected chi connectivity index (χ1v) is 6.26. The number of rotatable bonds is 4. The van der Waals surface area contributed by atoms with E-state index in [-0.39, 0.29) is 6.04 Å². The molecule has 0 saturated heterocycles. The Morgan fingerprint density at radius 3 is 2.65 bits per heavy atom. The first-order chi connectivity index (χ1) is 8.22. The molecule has 0 amide bonds. The van der Waals surface area contributed by atoms with E-state index < -0.39 is 0 Å². The van der Waals surface area contributed by atoms with Crippen LogP contribution in [0.3, 0.4) is 0 Å².